The Bertz CT molecular complexity index is 411. The SMILES string of the molecule is COc1ccc2cn[nH]c2c1.O=CO. The van der Waals surface area contributed by atoms with Gasteiger partial charge in [-0.15, -0.1) is 0 Å². The molecule has 0 saturated carbocycles. The summed E-state index contributed by atoms with van der Waals surface area (Å²) in [6.07, 6.45) is 1.79. The van der Waals surface area contributed by atoms with Crippen LogP contribution >= 0.6 is 0 Å². The predicted molar refractivity (Wildman–Crippen MR) is 51.3 cm³/mol. The van der Waals surface area contributed by atoms with E-state index in [-0.39, 0.29) is 6.47 Å². The molecule has 0 bridgehead atoms. The Morgan fingerprint density at radius 2 is 2.29 bits per heavy atom. The highest BCUT2D eigenvalue weighted by Gasteiger charge is 1.95. The predicted octanol–water partition coefficient (Wildman–Crippen LogP) is 1.27. The Morgan fingerprint density at radius 3 is 2.93 bits per heavy atom. The lowest BCUT2D eigenvalue weighted by atomic mass is 10.2. The van der Waals surface area contributed by atoms with Gasteiger partial charge in [-0.1, -0.05) is 0 Å². The van der Waals surface area contributed by atoms with Crippen molar-refractivity contribution in [1.29, 1.82) is 0 Å². The Morgan fingerprint density at radius 1 is 1.57 bits per heavy atom. The van der Waals surface area contributed by atoms with Crippen LogP contribution in [0.1, 0.15) is 0 Å². The number of carbonyl (C=O) groups is 1. The van der Waals surface area contributed by atoms with E-state index in [9.17, 15) is 0 Å². The first-order valence-electron chi connectivity index (χ1n) is 3.86. The van der Waals surface area contributed by atoms with E-state index in [2.05, 4.69) is 10.2 Å². The topological polar surface area (TPSA) is 75.2 Å². The molecule has 0 amide bonds. The first kappa shape index (κ1) is 10.0. The molecule has 5 nitrogen and oxygen atoms in total. The monoisotopic (exact) mass is 194 g/mol. The second-order valence-corrected chi connectivity index (χ2v) is 2.43. The van der Waals surface area contributed by atoms with Gasteiger partial charge in [-0.3, -0.25) is 9.89 Å². The molecule has 1 heterocycles. The number of carboxylic acid groups (broad SMARTS) is 1. The molecule has 0 unspecified atom stereocenters. The van der Waals surface area contributed by atoms with E-state index < -0.39 is 0 Å². The minimum Gasteiger partial charge on any atom is -0.497 e. The van der Waals surface area contributed by atoms with E-state index in [4.69, 9.17) is 14.6 Å². The van der Waals surface area contributed by atoms with E-state index in [1.807, 2.05) is 18.2 Å². The molecule has 14 heavy (non-hydrogen) atoms. The molecule has 0 atom stereocenters. The summed E-state index contributed by atoms with van der Waals surface area (Å²) in [5.74, 6) is 0.849. The van der Waals surface area contributed by atoms with Crippen molar-refractivity contribution < 1.29 is 14.6 Å². The fraction of sp³-hybridized carbons (Fsp3) is 0.111. The number of aromatic nitrogens is 2. The molecule has 0 aliphatic rings. The Hall–Kier alpha value is -2.04. The van der Waals surface area contributed by atoms with Crippen LogP contribution in [-0.2, 0) is 4.79 Å². The number of nitrogens with zero attached hydrogens (tertiary/aromatic N) is 1. The van der Waals surface area contributed by atoms with Crippen LogP contribution in [0.15, 0.2) is 24.4 Å². The lowest BCUT2D eigenvalue weighted by Gasteiger charge is -1.96. The van der Waals surface area contributed by atoms with E-state index in [0.717, 1.165) is 16.7 Å². The number of ether oxygens (including phenoxy) is 1. The number of methoxy groups -OCH3 is 1. The zero-order valence-corrected chi connectivity index (χ0v) is 7.60. The van der Waals surface area contributed by atoms with E-state index >= 15 is 0 Å². The summed E-state index contributed by atoms with van der Waals surface area (Å²) in [4.78, 5) is 8.36. The molecule has 5 heteroatoms. The van der Waals surface area contributed by atoms with Gasteiger partial charge in [0.1, 0.15) is 5.75 Å². The van der Waals surface area contributed by atoms with Gasteiger partial charge >= 0.3 is 0 Å². The van der Waals surface area contributed by atoms with Gasteiger partial charge in [-0.2, -0.15) is 5.10 Å². The van der Waals surface area contributed by atoms with Gasteiger partial charge in [0.2, 0.25) is 0 Å². The smallest absolute Gasteiger partial charge is 0.290 e. The zero-order valence-electron chi connectivity index (χ0n) is 7.60. The van der Waals surface area contributed by atoms with E-state index in [1.54, 1.807) is 13.3 Å². The van der Waals surface area contributed by atoms with Crippen LogP contribution in [0.2, 0.25) is 0 Å². The van der Waals surface area contributed by atoms with Crippen LogP contribution in [0.5, 0.6) is 5.75 Å². The highest BCUT2D eigenvalue weighted by atomic mass is 16.5. The number of benzene rings is 1. The first-order chi connectivity index (χ1) is 6.81. The van der Waals surface area contributed by atoms with Crippen molar-refractivity contribution in [2.75, 3.05) is 7.11 Å². The second-order valence-electron chi connectivity index (χ2n) is 2.43. The van der Waals surface area contributed by atoms with Crippen LogP contribution in [0.25, 0.3) is 10.9 Å². The third-order valence-corrected chi connectivity index (χ3v) is 1.65. The average molecular weight is 194 g/mol. The molecule has 0 saturated heterocycles. The van der Waals surface area contributed by atoms with Gasteiger partial charge in [0, 0.05) is 11.5 Å². The van der Waals surface area contributed by atoms with Crippen molar-refractivity contribution in [1.82, 2.24) is 10.2 Å². The van der Waals surface area contributed by atoms with Crippen LogP contribution in [0.3, 0.4) is 0 Å². The van der Waals surface area contributed by atoms with Gasteiger partial charge < -0.3 is 9.84 Å². The minimum atomic E-state index is -0.250. The van der Waals surface area contributed by atoms with Crippen LogP contribution in [0.4, 0.5) is 0 Å². The molecular weight excluding hydrogens is 184 g/mol. The van der Waals surface area contributed by atoms with E-state index in [0.29, 0.717) is 0 Å². The standard InChI is InChI=1S/C8H8N2O.CH2O2/c1-11-7-3-2-6-5-9-10-8(6)4-7;2-1-3/h2-5H,1H3,(H,9,10);1H,(H,2,3). The number of nitrogens with one attached hydrogen (secondary N) is 1. The lowest BCUT2D eigenvalue weighted by Crippen LogP contribution is -1.80. The van der Waals surface area contributed by atoms with Crippen LogP contribution in [0, 0.1) is 0 Å². The van der Waals surface area contributed by atoms with Crippen molar-refractivity contribution in [3.63, 3.8) is 0 Å². The largest absolute Gasteiger partial charge is 0.497 e. The summed E-state index contributed by atoms with van der Waals surface area (Å²) < 4.78 is 5.04. The Labute approximate surface area is 80.3 Å². The maximum absolute atomic E-state index is 8.36. The number of fused-ring (bicyclic) bond motifs is 1. The van der Waals surface area contributed by atoms with Crippen molar-refractivity contribution in [3.05, 3.63) is 24.4 Å². The number of rotatable bonds is 1. The number of H-pyrrole nitrogens is 1. The Kier molecular flexibility index (Phi) is 3.49. The second kappa shape index (κ2) is 4.86. The van der Waals surface area contributed by atoms with Crippen molar-refractivity contribution >= 4 is 17.4 Å². The summed E-state index contributed by atoms with van der Waals surface area (Å²) >= 11 is 0. The van der Waals surface area contributed by atoms with Gasteiger partial charge in [0.15, 0.2) is 0 Å². The molecule has 2 rings (SSSR count). The molecule has 0 aliphatic heterocycles. The molecule has 2 aromatic rings. The van der Waals surface area contributed by atoms with Gasteiger partial charge in [0.05, 0.1) is 18.8 Å². The van der Waals surface area contributed by atoms with Crippen molar-refractivity contribution in [3.8, 4) is 5.75 Å². The number of hydrogen-bond donors (Lipinski definition) is 2. The number of aromatic amines is 1. The molecule has 74 valence electrons. The first-order valence-corrected chi connectivity index (χ1v) is 3.86. The fourth-order valence-electron chi connectivity index (χ4n) is 1.04. The molecule has 0 radical (unpaired) electrons. The quantitative estimate of drug-likeness (QED) is 0.670. The summed E-state index contributed by atoms with van der Waals surface area (Å²) in [6.45, 7) is -0.250. The molecule has 1 aromatic heterocycles. The van der Waals surface area contributed by atoms with Crippen LogP contribution < -0.4 is 4.74 Å². The normalized spacial score (nSPS) is 8.93. The van der Waals surface area contributed by atoms with Gasteiger partial charge in [0.25, 0.3) is 6.47 Å². The maximum atomic E-state index is 8.36. The summed E-state index contributed by atoms with van der Waals surface area (Å²) in [5.41, 5.74) is 1.00. The molecule has 2 N–H and O–H groups in total. The maximum Gasteiger partial charge on any atom is 0.290 e. The highest BCUT2D eigenvalue weighted by molar-refractivity contribution is 5.79. The minimum absolute atomic E-state index is 0.250. The van der Waals surface area contributed by atoms with Crippen molar-refractivity contribution in [2.24, 2.45) is 0 Å². The zero-order chi connectivity index (χ0) is 10.4. The summed E-state index contributed by atoms with van der Waals surface area (Å²) in [5, 5.41) is 14.8. The average Bonchev–Trinajstić information content (AvgIpc) is 2.65. The number of hydrogen-bond acceptors (Lipinski definition) is 3. The third-order valence-electron chi connectivity index (χ3n) is 1.65. The fourth-order valence-corrected chi connectivity index (χ4v) is 1.04. The molecular formula is C9H10N2O3. The lowest BCUT2D eigenvalue weighted by molar-refractivity contribution is -0.122. The summed E-state index contributed by atoms with van der Waals surface area (Å²) in [7, 11) is 1.65. The third kappa shape index (κ3) is 2.22. The molecule has 1 aromatic carbocycles. The highest BCUT2D eigenvalue weighted by Crippen LogP contribution is 2.17. The Balaban J connectivity index is 0.000000293. The van der Waals surface area contributed by atoms with E-state index in [1.165, 1.54) is 0 Å². The van der Waals surface area contributed by atoms with Gasteiger partial charge in [-0.25, -0.2) is 0 Å². The molecule has 0 spiro atoms. The van der Waals surface area contributed by atoms with Gasteiger partial charge in [-0.05, 0) is 12.1 Å². The van der Waals surface area contributed by atoms with Crippen molar-refractivity contribution in [2.45, 2.75) is 0 Å². The van der Waals surface area contributed by atoms with Crippen LogP contribution in [-0.4, -0.2) is 28.9 Å². The molecule has 0 aliphatic carbocycles. The summed E-state index contributed by atoms with van der Waals surface area (Å²) in [6, 6.07) is 5.80. The molecule has 0 fully saturated rings.